The molecule has 30 heavy (non-hydrogen) atoms. The standard InChI is InChI=1S/C19H13BrF6N2O2/c1-17(9-10-2-4-13(20)5-3-10)15(29)28(16(30)27-17)14-7-11(18(21,22)23)6-12(8-14)19(24,25)26/h2-8H,9H2,1H3,(H,27,30)/t17-/m1/s1. The van der Waals surface area contributed by atoms with Crippen LogP contribution in [0.25, 0.3) is 0 Å². The Morgan fingerprint density at radius 2 is 1.43 bits per heavy atom. The van der Waals surface area contributed by atoms with E-state index in [9.17, 15) is 35.9 Å². The second-order valence-corrected chi connectivity index (χ2v) is 7.89. The third-order valence-electron chi connectivity index (χ3n) is 4.56. The molecule has 2 aromatic rings. The summed E-state index contributed by atoms with van der Waals surface area (Å²) >= 11 is 3.25. The number of nitrogens with zero attached hydrogens (tertiary/aromatic N) is 1. The number of imide groups is 1. The fourth-order valence-electron chi connectivity index (χ4n) is 3.12. The summed E-state index contributed by atoms with van der Waals surface area (Å²) in [6.07, 6.45) is -10.2. The van der Waals surface area contributed by atoms with E-state index in [1.165, 1.54) is 6.92 Å². The molecule has 2 aromatic carbocycles. The highest BCUT2D eigenvalue weighted by Gasteiger charge is 2.49. The largest absolute Gasteiger partial charge is 0.416 e. The van der Waals surface area contributed by atoms with Crippen LogP contribution in [0.1, 0.15) is 23.6 Å². The van der Waals surface area contributed by atoms with Crippen molar-refractivity contribution in [1.29, 1.82) is 0 Å². The summed E-state index contributed by atoms with van der Waals surface area (Å²) in [6.45, 7) is 1.35. The van der Waals surface area contributed by atoms with Crippen LogP contribution in [0.5, 0.6) is 0 Å². The predicted octanol–water partition coefficient (Wildman–Crippen LogP) is 5.54. The van der Waals surface area contributed by atoms with Crippen LogP contribution in [0.4, 0.5) is 36.8 Å². The number of carbonyl (C=O) groups is 2. The third-order valence-corrected chi connectivity index (χ3v) is 5.09. The highest BCUT2D eigenvalue weighted by Crippen LogP contribution is 2.39. The van der Waals surface area contributed by atoms with Crippen molar-refractivity contribution in [3.8, 4) is 0 Å². The average molecular weight is 495 g/mol. The first-order chi connectivity index (χ1) is 13.7. The van der Waals surface area contributed by atoms with E-state index in [0.717, 1.165) is 4.47 Å². The van der Waals surface area contributed by atoms with Gasteiger partial charge in [-0.15, -0.1) is 0 Å². The molecule has 4 nitrogen and oxygen atoms in total. The molecule has 160 valence electrons. The van der Waals surface area contributed by atoms with E-state index in [0.29, 0.717) is 22.6 Å². The first-order valence-corrected chi connectivity index (χ1v) is 9.21. The summed E-state index contributed by atoms with van der Waals surface area (Å²) in [6, 6.07) is 6.25. The maximum atomic E-state index is 13.1. The van der Waals surface area contributed by atoms with Gasteiger partial charge in [-0.25, -0.2) is 9.69 Å². The zero-order chi connectivity index (χ0) is 22.5. The maximum Gasteiger partial charge on any atom is 0.416 e. The Balaban J connectivity index is 2.02. The molecule has 11 heteroatoms. The molecule has 1 N–H and O–H groups in total. The van der Waals surface area contributed by atoms with E-state index in [-0.39, 0.29) is 12.5 Å². The van der Waals surface area contributed by atoms with Crippen molar-refractivity contribution >= 4 is 33.6 Å². The molecule has 1 aliphatic rings. The SMILES string of the molecule is C[C@]1(Cc2ccc(Br)cc2)NC(=O)N(c2cc(C(F)(F)F)cc(C(F)(F)F)c2)C1=O. The van der Waals surface area contributed by atoms with Crippen molar-refractivity contribution < 1.29 is 35.9 Å². The lowest BCUT2D eigenvalue weighted by Crippen LogP contribution is -2.46. The Morgan fingerprint density at radius 3 is 1.90 bits per heavy atom. The number of benzene rings is 2. The summed E-state index contributed by atoms with van der Waals surface area (Å²) in [4.78, 5) is 25.6. The molecule has 0 unspecified atom stereocenters. The number of amides is 3. The van der Waals surface area contributed by atoms with Crippen molar-refractivity contribution in [2.75, 3.05) is 4.90 Å². The summed E-state index contributed by atoms with van der Waals surface area (Å²) in [5.74, 6) is -0.956. The monoisotopic (exact) mass is 494 g/mol. The van der Waals surface area contributed by atoms with Gasteiger partial charge < -0.3 is 5.32 Å². The molecule has 1 aliphatic heterocycles. The molecule has 0 aliphatic carbocycles. The van der Waals surface area contributed by atoms with Gasteiger partial charge in [0.1, 0.15) is 5.54 Å². The number of hydrogen-bond acceptors (Lipinski definition) is 2. The Kier molecular flexibility index (Phi) is 5.38. The normalized spacial score (nSPS) is 19.9. The van der Waals surface area contributed by atoms with Gasteiger partial charge in [-0.1, -0.05) is 28.1 Å². The third kappa shape index (κ3) is 4.30. The topological polar surface area (TPSA) is 49.4 Å². The number of rotatable bonds is 3. The lowest BCUT2D eigenvalue weighted by Gasteiger charge is -2.22. The maximum absolute atomic E-state index is 13.1. The van der Waals surface area contributed by atoms with Crippen LogP contribution >= 0.6 is 15.9 Å². The molecular weight excluding hydrogens is 482 g/mol. The molecule has 1 fully saturated rings. The van der Waals surface area contributed by atoms with Gasteiger partial charge in [0.25, 0.3) is 5.91 Å². The van der Waals surface area contributed by atoms with Crippen LogP contribution in [-0.4, -0.2) is 17.5 Å². The summed E-state index contributed by atoms with van der Waals surface area (Å²) in [5.41, 5.74) is -4.95. The Bertz CT molecular complexity index is 971. The number of nitrogens with one attached hydrogen (secondary N) is 1. The molecule has 1 saturated heterocycles. The molecular formula is C19H13BrF6N2O2. The summed E-state index contributed by atoms with van der Waals surface area (Å²) in [5, 5.41) is 2.37. The van der Waals surface area contributed by atoms with Gasteiger partial charge >= 0.3 is 18.4 Å². The first-order valence-electron chi connectivity index (χ1n) is 8.41. The highest BCUT2D eigenvalue weighted by atomic mass is 79.9. The Morgan fingerprint density at radius 1 is 0.933 bits per heavy atom. The van der Waals surface area contributed by atoms with Crippen molar-refractivity contribution in [2.45, 2.75) is 31.2 Å². The molecule has 0 radical (unpaired) electrons. The lowest BCUT2D eigenvalue weighted by atomic mass is 9.92. The van der Waals surface area contributed by atoms with Crippen molar-refractivity contribution in [1.82, 2.24) is 5.32 Å². The Labute approximate surface area is 175 Å². The molecule has 0 aromatic heterocycles. The van der Waals surface area contributed by atoms with Crippen LogP contribution in [0, 0.1) is 0 Å². The molecule has 1 heterocycles. The first kappa shape index (κ1) is 22.1. The molecule has 3 rings (SSSR count). The van der Waals surface area contributed by atoms with Gasteiger partial charge in [-0.3, -0.25) is 4.79 Å². The predicted molar refractivity (Wildman–Crippen MR) is 98.7 cm³/mol. The van der Waals surface area contributed by atoms with Crippen LogP contribution < -0.4 is 10.2 Å². The minimum absolute atomic E-state index is 0.00750. The summed E-state index contributed by atoms with van der Waals surface area (Å²) in [7, 11) is 0. The zero-order valence-electron chi connectivity index (χ0n) is 15.2. The van der Waals surface area contributed by atoms with E-state index < -0.39 is 46.6 Å². The van der Waals surface area contributed by atoms with Crippen molar-refractivity contribution in [2.24, 2.45) is 0 Å². The molecule has 0 saturated carbocycles. The van der Waals surface area contributed by atoms with E-state index in [4.69, 9.17) is 0 Å². The van der Waals surface area contributed by atoms with Crippen LogP contribution in [-0.2, 0) is 23.6 Å². The zero-order valence-corrected chi connectivity index (χ0v) is 16.7. The number of alkyl halides is 6. The van der Waals surface area contributed by atoms with E-state index >= 15 is 0 Å². The second kappa shape index (κ2) is 7.29. The van der Waals surface area contributed by atoms with Gasteiger partial charge in [-0.2, -0.15) is 26.3 Å². The van der Waals surface area contributed by atoms with Crippen LogP contribution in [0.15, 0.2) is 46.9 Å². The van der Waals surface area contributed by atoms with Gasteiger partial charge in [-0.05, 0) is 42.8 Å². The highest BCUT2D eigenvalue weighted by molar-refractivity contribution is 9.10. The lowest BCUT2D eigenvalue weighted by molar-refractivity contribution is -0.143. The smallest absolute Gasteiger partial charge is 0.323 e. The Hall–Kier alpha value is -2.56. The fourth-order valence-corrected chi connectivity index (χ4v) is 3.38. The van der Waals surface area contributed by atoms with Crippen molar-refractivity contribution in [3.05, 3.63) is 63.6 Å². The minimum Gasteiger partial charge on any atom is -0.323 e. The van der Waals surface area contributed by atoms with E-state index in [2.05, 4.69) is 21.2 Å². The minimum atomic E-state index is -5.10. The second-order valence-electron chi connectivity index (χ2n) is 6.97. The number of urea groups is 1. The molecule has 0 bridgehead atoms. The van der Waals surface area contributed by atoms with Crippen LogP contribution in [0.2, 0.25) is 0 Å². The van der Waals surface area contributed by atoms with Crippen molar-refractivity contribution in [3.63, 3.8) is 0 Å². The number of halogens is 7. The quantitative estimate of drug-likeness (QED) is 0.449. The number of carbonyl (C=O) groups excluding carboxylic acids is 2. The fraction of sp³-hybridized carbons (Fsp3) is 0.263. The van der Waals surface area contributed by atoms with E-state index in [1.54, 1.807) is 24.3 Å². The number of anilines is 1. The number of hydrogen-bond donors (Lipinski definition) is 1. The molecule has 0 spiro atoms. The average Bonchev–Trinajstić information content (AvgIpc) is 2.84. The summed E-state index contributed by atoms with van der Waals surface area (Å²) < 4.78 is 79.5. The van der Waals surface area contributed by atoms with E-state index in [1.807, 2.05) is 0 Å². The van der Waals surface area contributed by atoms with Gasteiger partial charge in [0, 0.05) is 10.9 Å². The molecule has 1 atom stereocenters. The van der Waals surface area contributed by atoms with Gasteiger partial charge in [0.05, 0.1) is 16.8 Å². The molecule has 3 amide bonds. The van der Waals surface area contributed by atoms with Gasteiger partial charge in [0.2, 0.25) is 0 Å². The van der Waals surface area contributed by atoms with Crippen LogP contribution in [0.3, 0.4) is 0 Å². The van der Waals surface area contributed by atoms with Gasteiger partial charge in [0.15, 0.2) is 0 Å².